The molecule has 0 radical (unpaired) electrons. The number of rotatable bonds is 6. The standard InChI is InChI=1S/C21H34O4/c1-20-11-3-4-16(20)15-7-5-14(6-8-18(22)23)21(2,13-10-19(24)25)17(15)9-12-20/h14-17H,3-13H2,1-2H3,(H,22,23)(H,24,25)/p-2/t14-,15+,16+,17-,20-,21-/m1/s1. The van der Waals surface area contributed by atoms with Crippen molar-refractivity contribution in [1.82, 2.24) is 0 Å². The van der Waals surface area contributed by atoms with Gasteiger partial charge in [-0.05, 0) is 98.7 Å². The maximum atomic E-state index is 11.1. The van der Waals surface area contributed by atoms with Gasteiger partial charge >= 0.3 is 0 Å². The van der Waals surface area contributed by atoms with E-state index >= 15 is 0 Å². The van der Waals surface area contributed by atoms with Crippen LogP contribution in [0.3, 0.4) is 0 Å². The van der Waals surface area contributed by atoms with E-state index in [4.69, 9.17) is 0 Å². The molecule has 4 nitrogen and oxygen atoms in total. The van der Waals surface area contributed by atoms with Crippen molar-refractivity contribution in [2.45, 2.75) is 84.5 Å². The summed E-state index contributed by atoms with van der Waals surface area (Å²) in [5.41, 5.74) is 0.399. The molecule has 3 rings (SSSR count). The predicted octanol–water partition coefficient (Wildman–Crippen LogP) is 2.30. The van der Waals surface area contributed by atoms with Crippen molar-refractivity contribution in [2.24, 2.45) is 34.5 Å². The molecule has 0 aromatic carbocycles. The zero-order valence-electron chi connectivity index (χ0n) is 15.7. The van der Waals surface area contributed by atoms with Crippen LogP contribution in [0, 0.1) is 34.5 Å². The van der Waals surface area contributed by atoms with Gasteiger partial charge in [0.1, 0.15) is 0 Å². The first-order valence-electron chi connectivity index (χ1n) is 10.2. The lowest BCUT2D eigenvalue weighted by molar-refractivity contribution is -0.308. The Morgan fingerprint density at radius 2 is 1.64 bits per heavy atom. The van der Waals surface area contributed by atoms with Gasteiger partial charge in [0, 0.05) is 11.9 Å². The maximum absolute atomic E-state index is 11.1. The van der Waals surface area contributed by atoms with Crippen molar-refractivity contribution in [3.8, 4) is 0 Å². The molecule has 0 aliphatic heterocycles. The molecule has 0 aromatic heterocycles. The normalized spacial score (nSPS) is 43.3. The van der Waals surface area contributed by atoms with Crippen LogP contribution in [0.5, 0.6) is 0 Å². The third-order valence-electron chi connectivity index (χ3n) is 8.41. The molecule has 25 heavy (non-hydrogen) atoms. The summed E-state index contributed by atoms with van der Waals surface area (Å²) in [6.45, 7) is 4.70. The van der Waals surface area contributed by atoms with E-state index in [0.29, 0.717) is 30.1 Å². The highest BCUT2D eigenvalue weighted by Crippen LogP contribution is 2.65. The highest BCUT2D eigenvalue weighted by molar-refractivity contribution is 5.64. The van der Waals surface area contributed by atoms with Crippen LogP contribution in [0.1, 0.15) is 84.5 Å². The predicted molar refractivity (Wildman–Crippen MR) is 91.0 cm³/mol. The zero-order chi connectivity index (χ0) is 18.2. The first-order chi connectivity index (χ1) is 11.8. The average molecular weight is 348 g/mol. The van der Waals surface area contributed by atoms with E-state index in [1.54, 1.807) is 0 Å². The fraction of sp³-hybridized carbons (Fsp3) is 0.905. The van der Waals surface area contributed by atoms with Crippen LogP contribution in [-0.2, 0) is 9.59 Å². The Hall–Kier alpha value is -1.06. The summed E-state index contributed by atoms with van der Waals surface area (Å²) in [7, 11) is 0. The van der Waals surface area contributed by atoms with Gasteiger partial charge < -0.3 is 19.8 Å². The van der Waals surface area contributed by atoms with Crippen molar-refractivity contribution in [1.29, 1.82) is 0 Å². The van der Waals surface area contributed by atoms with Crippen molar-refractivity contribution in [3.05, 3.63) is 0 Å². The molecule has 3 saturated carbocycles. The molecular formula is C21H32O4-2. The van der Waals surface area contributed by atoms with Crippen LogP contribution < -0.4 is 10.2 Å². The maximum Gasteiger partial charge on any atom is 0.0414 e. The van der Waals surface area contributed by atoms with Crippen LogP contribution in [-0.4, -0.2) is 11.9 Å². The van der Waals surface area contributed by atoms with Gasteiger partial charge in [-0.1, -0.05) is 20.3 Å². The summed E-state index contributed by atoms with van der Waals surface area (Å²) in [5, 5.41) is 22.1. The van der Waals surface area contributed by atoms with E-state index in [2.05, 4.69) is 13.8 Å². The SMILES string of the molecule is C[C@]12CCC[C@H]1[C@@H]1CC[C@H](CCC(=O)[O-])[C@@](C)(CCC(=O)[O-])[C@@H]1CC2. The van der Waals surface area contributed by atoms with Crippen molar-refractivity contribution < 1.29 is 19.8 Å². The van der Waals surface area contributed by atoms with E-state index in [0.717, 1.165) is 12.3 Å². The van der Waals surface area contributed by atoms with Crippen LogP contribution in [0.2, 0.25) is 0 Å². The summed E-state index contributed by atoms with van der Waals surface area (Å²) >= 11 is 0. The minimum absolute atomic E-state index is 0.0810. The molecule has 0 saturated heterocycles. The molecule has 3 fully saturated rings. The van der Waals surface area contributed by atoms with Crippen LogP contribution >= 0.6 is 0 Å². The van der Waals surface area contributed by atoms with Gasteiger partial charge in [-0.15, -0.1) is 0 Å². The Balaban J connectivity index is 1.83. The molecule has 3 aliphatic carbocycles. The van der Waals surface area contributed by atoms with Gasteiger partial charge in [0.2, 0.25) is 0 Å². The molecule has 3 aliphatic rings. The number of carbonyl (C=O) groups excluding carboxylic acids is 2. The molecule has 0 amide bonds. The van der Waals surface area contributed by atoms with Gasteiger partial charge in [0.25, 0.3) is 0 Å². The van der Waals surface area contributed by atoms with Crippen LogP contribution in [0.15, 0.2) is 0 Å². The lowest BCUT2D eigenvalue weighted by Crippen LogP contribution is -2.51. The molecule has 0 unspecified atom stereocenters. The quantitative estimate of drug-likeness (QED) is 0.737. The largest absolute Gasteiger partial charge is 0.550 e. The molecular weight excluding hydrogens is 316 g/mol. The highest BCUT2D eigenvalue weighted by Gasteiger charge is 2.56. The van der Waals surface area contributed by atoms with Gasteiger partial charge in [-0.25, -0.2) is 0 Å². The fourth-order valence-electron chi connectivity index (χ4n) is 7.06. The van der Waals surface area contributed by atoms with E-state index in [9.17, 15) is 19.8 Å². The summed E-state index contributed by atoms with van der Waals surface area (Å²) in [6.07, 6.45) is 10.0. The van der Waals surface area contributed by atoms with Crippen molar-refractivity contribution in [2.75, 3.05) is 0 Å². The summed E-state index contributed by atoms with van der Waals surface area (Å²) < 4.78 is 0. The molecule has 4 heteroatoms. The Morgan fingerprint density at radius 3 is 2.32 bits per heavy atom. The van der Waals surface area contributed by atoms with Crippen molar-refractivity contribution >= 4 is 11.9 Å². The van der Waals surface area contributed by atoms with Crippen molar-refractivity contribution in [3.63, 3.8) is 0 Å². The fourth-order valence-corrected chi connectivity index (χ4v) is 7.06. The Morgan fingerprint density at radius 1 is 0.920 bits per heavy atom. The summed E-state index contributed by atoms with van der Waals surface area (Å²) in [5.74, 6) is 0.308. The highest BCUT2D eigenvalue weighted by atomic mass is 16.4. The van der Waals surface area contributed by atoms with E-state index in [-0.39, 0.29) is 24.2 Å². The molecule has 0 spiro atoms. The zero-order valence-corrected chi connectivity index (χ0v) is 15.7. The minimum atomic E-state index is -0.989. The number of hydrogen-bond acceptors (Lipinski definition) is 4. The van der Waals surface area contributed by atoms with E-state index < -0.39 is 11.9 Å². The first kappa shape index (κ1) is 18.7. The molecule has 0 heterocycles. The van der Waals surface area contributed by atoms with Crippen LogP contribution in [0.4, 0.5) is 0 Å². The Labute approximate surface area is 151 Å². The Kier molecular flexibility index (Phi) is 5.18. The lowest BCUT2D eigenvalue weighted by atomic mass is 9.46. The molecule has 0 bridgehead atoms. The van der Waals surface area contributed by atoms with Gasteiger partial charge in [0.05, 0.1) is 0 Å². The number of fused-ring (bicyclic) bond motifs is 3. The summed E-state index contributed by atoms with van der Waals surface area (Å²) in [4.78, 5) is 22.1. The van der Waals surface area contributed by atoms with E-state index in [1.807, 2.05) is 0 Å². The number of aliphatic carboxylic acids is 2. The van der Waals surface area contributed by atoms with Gasteiger partial charge in [0.15, 0.2) is 0 Å². The molecule has 0 N–H and O–H groups in total. The monoisotopic (exact) mass is 348 g/mol. The molecule has 0 aromatic rings. The second-order valence-electron chi connectivity index (χ2n) is 9.52. The first-order valence-corrected chi connectivity index (χ1v) is 10.2. The topological polar surface area (TPSA) is 80.3 Å². The van der Waals surface area contributed by atoms with Gasteiger partial charge in [-0.3, -0.25) is 0 Å². The third kappa shape index (κ3) is 3.46. The molecule has 6 atom stereocenters. The van der Waals surface area contributed by atoms with Gasteiger partial charge in [-0.2, -0.15) is 0 Å². The third-order valence-corrected chi connectivity index (χ3v) is 8.41. The second kappa shape index (κ2) is 6.92. The average Bonchev–Trinajstić information content (AvgIpc) is 2.94. The summed E-state index contributed by atoms with van der Waals surface area (Å²) in [6, 6.07) is 0. The lowest BCUT2D eigenvalue weighted by Gasteiger charge is -2.59. The second-order valence-corrected chi connectivity index (χ2v) is 9.52. The Bertz CT molecular complexity index is 530. The number of carbonyl (C=O) groups is 2. The molecule has 142 valence electrons. The smallest absolute Gasteiger partial charge is 0.0414 e. The van der Waals surface area contributed by atoms with E-state index in [1.165, 1.54) is 38.5 Å². The number of carboxylic acids is 2. The minimum Gasteiger partial charge on any atom is -0.550 e. The van der Waals surface area contributed by atoms with Crippen LogP contribution in [0.25, 0.3) is 0 Å². The number of carboxylic acid groups (broad SMARTS) is 2. The number of hydrogen-bond donors (Lipinski definition) is 0.